The van der Waals surface area contributed by atoms with Crippen LogP contribution in [0.1, 0.15) is 159 Å². The maximum Gasteiger partial charge on any atom is 0.309 e. The predicted octanol–water partition coefficient (Wildman–Crippen LogP) is 9.18. The van der Waals surface area contributed by atoms with E-state index in [1.165, 1.54) is 37.7 Å². The molecule has 5 fully saturated rings. The number of hydrogen-bond acceptors (Lipinski definition) is 7. The lowest BCUT2D eigenvalue weighted by Crippen LogP contribution is -2.66. The Labute approximate surface area is 340 Å². The number of hydrogen-bond donors (Lipinski definition) is 2. The zero-order valence-corrected chi connectivity index (χ0v) is 37.4. The second-order valence-electron chi connectivity index (χ2n) is 22.6. The molecule has 0 spiro atoms. The van der Waals surface area contributed by atoms with E-state index in [-0.39, 0.29) is 51.8 Å². The van der Waals surface area contributed by atoms with Gasteiger partial charge in [0.15, 0.2) is 5.78 Å². The molecule has 5 saturated carbocycles. The van der Waals surface area contributed by atoms with E-state index in [1.54, 1.807) is 13.8 Å². The molecule has 8 heteroatoms. The van der Waals surface area contributed by atoms with Crippen LogP contribution in [0.5, 0.6) is 0 Å². The van der Waals surface area contributed by atoms with Crippen molar-refractivity contribution in [2.75, 3.05) is 40.3 Å². The largest absolute Gasteiger partial charge is 0.481 e. The smallest absolute Gasteiger partial charge is 0.309 e. The van der Waals surface area contributed by atoms with Gasteiger partial charge in [0.2, 0.25) is 0 Å². The first-order chi connectivity index (χ1) is 26.0. The highest BCUT2D eigenvalue weighted by atomic mass is 16.5. The molecule has 2 N–H and O–H groups in total. The summed E-state index contributed by atoms with van der Waals surface area (Å²) in [4.78, 5) is 44.1. The lowest BCUT2D eigenvalue weighted by atomic mass is 9.33. The summed E-state index contributed by atoms with van der Waals surface area (Å²) in [6.07, 6.45) is 14.1. The van der Waals surface area contributed by atoms with Crippen molar-refractivity contribution in [3.05, 3.63) is 11.1 Å². The lowest BCUT2D eigenvalue weighted by Gasteiger charge is -2.72. The fraction of sp³-hybridized carbons (Fsp3) is 0.896. The standard InChI is InChI=1S/C48H80N2O6/c1-31(2)40-34(51)27-48(37(52)30-50(26-25-49(10)11)29-32-15-13-12-14-16-32)24-23-46(8)33(41(40)48)17-18-36-45(7)21-20-38(56-39(53)28-43(3,4)42(54)55)44(5,6)35(45)19-22-47(36,46)9/h31-33,35-38,52H,12-30H2,1-11H3,(H,54,55)/t33-,35+,36-,37?,38+,45+,46-,47-,48?/m1/s1. The fourth-order valence-electron chi connectivity index (χ4n) is 14.7. The highest BCUT2D eigenvalue weighted by Gasteiger charge is 2.71. The second-order valence-corrected chi connectivity index (χ2v) is 22.6. The summed E-state index contributed by atoms with van der Waals surface area (Å²) in [6, 6.07) is 0. The predicted molar refractivity (Wildman–Crippen MR) is 223 cm³/mol. The summed E-state index contributed by atoms with van der Waals surface area (Å²) in [5, 5.41) is 22.4. The molecule has 6 aliphatic carbocycles. The highest BCUT2D eigenvalue weighted by molar-refractivity contribution is 6.00. The average molecular weight is 781 g/mol. The number of ether oxygens (including phenoxy) is 1. The van der Waals surface area contributed by atoms with Crippen LogP contribution in [0.3, 0.4) is 0 Å². The number of rotatable bonds is 13. The van der Waals surface area contributed by atoms with Crippen LogP contribution in [0.25, 0.3) is 0 Å². The van der Waals surface area contributed by atoms with Gasteiger partial charge in [-0.2, -0.15) is 0 Å². The van der Waals surface area contributed by atoms with Crippen LogP contribution in [-0.2, 0) is 19.1 Å². The number of nitrogens with zero attached hydrogens (tertiary/aromatic N) is 2. The van der Waals surface area contributed by atoms with Crippen molar-refractivity contribution in [2.24, 2.45) is 62.1 Å². The molecule has 9 atom stereocenters. The van der Waals surface area contributed by atoms with Gasteiger partial charge in [-0.1, -0.05) is 73.3 Å². The maximum absolute atomic E-state index is 14.3. The van der Waals surface area contributed by atoms with Crippen LogP contribution in [0.2, 0.25) is 0 Å². The van der Waals surface area contributed by atoms with Gasteiger partial charge in [0.1, 0.15) is 6.10 Å². The van der Waals surface area contributed by atoms with Gasteiger partial charge in [-0.3, -0.25) is 19.3 Å². The van der Waals surface area contributed by atoms with E-state index < -0.39 is 28.9 Å². The molecule has 0 heterocycles. The van der Waals surface area contributed by atoms with Gasteiger partial charge in [-0.25, -0.2) is 0 Å². The Hall–Kier alpha value is -1.77. The summed E-state index contributed by atoms with van der Waals surface area (Å²) in [7, 11) is 4.28. The maximum atomic E-state index is 14.3. The lowest BCUT2D eigenvalue weighted by molar-refractivity contribution is -0.235. The summed E-state index contributed by atoms with van der Waals surface area (Å²) >= 11 is 0. The van der Waals surface area contributed by atoms with Crippen molar-refractivity contribution >= 4 is 17.7 Å². The van der Waals surface area contributed by atoms with Gasteiger partial charge < -0.3 is 19.8 Å². The average Bonchev–Trinajstić information content (AvgIpc) is 3.42. The van der Waals surface area contributed by atoms with Crippen LogP contribution in [0.15, 0.2) is 11.1 Å². The summed E-state index contributed by atoms with van der Waals surface area (Å²) in [6.45, 7) is 23.5. The van der Waals surface area contributed by atoms with Crippen molar-refractivity contribution < 1.29 is 29.3 Å². The molecule has 6 rings (SSSR count). The zero-order chi connectivity index (χ0) is 41.2. The number of likely N-dealkylation sites (N-methyl/N-ethyl adjacent to an activating group) is 1. The van der Waals surface area contributed by atoms with Crippen molar-refractivity contribution in [1.29, 1.82) is 0 Å². The Bertz CT molecular complexity index is 1530. The Morgan fingerprint density at radius 3 is 2.16 bits per heavy atom. The van der Waals surface area contributed by atoms with Crippen LogP contribution < -0.4 is 0 Å². The minimum atomic E-state index is -1.16. The summed E-state index contributed by atoms with van der Waals surface area (Å²) in [5.74, 6) is 0.904. The Kier molecular flexibility index (Phi) is 12.3. The number of allylic oxidation sites excluding steroid dienone is 1. The molecule has 0 aromatic carbocycles. The molecule has 56 heavy (non-hydrogen) atoms. The van der Waals surface area contributed by atoms with Gasteiger partial charge in [0.05, 0.1) is 17.9 Å². The second kappa shape index (κ2) is 15.7. The third kappa shape index (κ3) is 7.39. The molecule has 8 nitrogen and oxygen atoms in total. The van der Waals surface area contributed by atoms with Gasteiger partial charge in [0, 0.05) is 43.4 Å². The Morgan fingerprint density at radius 2 is 1.54 bits per heavy atom. The highest BCUT2D eigenvalue weighted by Crippen LogP contribution is 2.77. The molecule has 0 saturated heterocycles. The number of aliphatic hydroxyl groups is 1. The molecule has 2 unspecified atom stereocenters. The van der Waals surface area contributed by atoms with E-state index in [0.29, 0.717) is 30.7 Å². The first-order valence-electron chi connectivity index (χ1n) is 22.8. The van der Waals surface area contributed by atoms with Gasteiger partial charge >= 0.3 is 11.9 Å². The number of aliphatic hydroxyl groups excluding tert-OH is 1. The van der Waals surface area contributed by atoms with E-state index in [9.17, 15) is 24.6 Å². The van der Waals surface area contributed by atoms with Crippen LogP contribution in [-0.4, -0.2) is 90.2 Å². The molecule has 0 amide bonds. The van der Waals surface area contributed by atoms with Crippen molar-refractivity contribution in [2.45, 2.75) is 171 Å². The van der Waals surface area contributed by atoms with Gasteiger partial charge in [-0.15, -0.1) is 0 Å². The minimum Gasteiger partial charge on any atom is -0.481 e. The molecule has 0 aromatic rings. The quantitative estimate of drug-likeness (QED) is 0.178. The number of carboxylic acid groups (broad SMARTS) is 1. The number of carboxylic acids is 1. The van der Waals surface area contributed by atoms with Crippen LogP contribution in [0, 0.1) is 62.1 Å². The molecular weight excluding hydrogens is 701 g/mol. The molecular formula is C48H80N2O6. The Morgan fingerprint density at radius 1 is 0.857 bits per heavy atom. The van der Waals surface area contributed by atoms with Gasteiger partial charge in [-0.05, 0) is 144 Å². The van der Waals surface area contributed by atoms with Crippen molar-refractivity contribution in [3.8, 4) is 0 Å². The minimum absolute atomic E-state index is 0.00971. The van der Waals surface area contributed by atoms with Crippen LogP contribution in [0.4, 0.5) is 0 Å². The number of fused-ring (bicyclic) bond motifs is 7. The van der Waals surface area contributed by atoms with E-state index in [2.05, 4.69) is 72.4 Å². The van der Waals surface area contributed by atoms with E-state index in [4.69, 9.17) is 4.74 Å². The van der Waals surface area contributed by atoms with Crippen LogP contribution >= 0.6 is 0 Å². The van der Waals surface area contributed by atoms with Crippen molar-refractivity contribution in [3.63, 3.8) is 0 Å². The normalized spacial score (nSPS) is 37.9. The van der Waals surface area contributed by atoms with E-state index >= 15 is 0 Å². The molecule has 6 aliphatic rings. The molecule has 0 bridgehead atoms. The third-order valence-electron chi connectivity index (χ3n) is 18.0. The number of esters is 1. The zero-order valence-electron chi connectivity index (χ0n) is 37.4. The number of ketones is 1. The summed E-state index contributed by atoms with van der Waals surface area (Å²) < 4.78 is 6.21. The molecule has 0 radical (unpaired) electrons. The van der Waals surface area contributed by atoms with E-state index in [1.807, 2.05) is 0 Å². The number of carbonyl (C=O) groups is 3. The molecule has 0 aliphatic heterocycles. The first kappa shape index (κ1) is 43.8. The molecule has 318 valence electrons. The molecule has 0 aromatic heterocycles. The number of carbonyl (C=O) groups excluding carboxylic acids is 2. The fourth-order valence-corrected chi connectivity index (χ4v) is 14.7. The van der Waals surface area contributed by atoms with E-state index in [0.717, 1.165) is 76.6 Å². The summed E-state index contributed by atoms with van der Waals surface area (Å²) in [5.41, 5.74) is 0.691. The topological polar surface area (TPSA) is 107 Å². The number of aliphatic carboxylic acids is 1. The Balaban J connectivity index is 1.27. The first-order valence-corrected chi connectivity index (χ1v) is 22.8. The van der Waals surface area contributed by atoms with Gasteiger partial charge in [0.25, 0.3) is 0 Å². The van der Waals surface area contributed by atoms with Crippen molar-refractivity contribution in [1.82, 2.24) is 9.80 Å². The number of Topliss-reactive ketones (excluding diaryl/α,β-unsaturated/α-hetero) is 1. The third-order valence-corrected chi connectivity index (χ3v) is 18.0. The monoisotopic (exact) mass is 781 g/mol. The SMILES string of the molecule is CC(C)C1=C2[C@H]3CC[C@@H]4[C@@]5(C)CC[C@H](OC(=O)CC(C)(C)C(=O)O)C(C)(C)[C@@H]5CC[C@@]4(C)[C@]3(C)CCC2(C(O)CN(CCN(C)C)CC2CCCCC2)CC1=O.